The summed E-state index contributed by atoms with van der Waals surface area (Å²) >= 11 is 0. The molecule has 2 aromatic rings. The van der Waals surface area contributed by atoms with Crippen LogP contribution in [-0.4, -0.2) is 41.0 Å². The number of amides is 2. The number of hydrogen-bond acceptors (Lipinski definition) is 5. The van der Waals surface area contributed by atoms with Crippen molar-refractivity contribution < 1.29 is 23.7 Å². The van der Waals surface area contributed by atoms with E-state index in [-0.39, 0.29) is 11.4 Å². The molecule has 0 aliphatic heterocycles. The van der Waals surface area contributed by atoms with E-state index in [0.29, 0.717) is 35.2 Å². The van der Waals surface area contributed by atoms with Crippen LogP contribution in [0.25, 0.3) is 0 Å². The van der Waals surface area contributed by atoms with E-state index < -0.39 is 0 Å². The maximum Gasteiger partial charge on any atom is 0.319 e. The average molecular weight is 386 g/mol. The number of benzene rings is 2. The van der Waals surface area contributed by atoms with E-state index in [2.05, 4.69) is 10.6 Å². The van der Waals surface area contributed by atoms with E-state index in [1.165, 1.54) is 0 Å². The fraction of sp³-hybridized carbons (Fsp3) is 0.381. The lowest BCUT2D eigenvalue weighted by molar-refractivity contribution is 0.251. The summed E-state index contributed by atoms with van der Waals surface area (Å²) in [5, 5.41) is 5.80. The van der Waals surface area contributed by atoms with E-state index in [9.17, 15) is 4.79 Å². The summed E-state index contributed by atoms with van der Waals surface area (Å²) < 4.78 is 21.2. The van der Waals surface area contributed by atoms with Crippen molar-refractivity contribution >= 4 is 11.7 Å². The fourth-order valence-electron chi connectivity index (χ4n) is 3.21. The van der Waals surface area contributed by atoms with Gasteiger partial charge in [0.2, 0.25) is 0 Å². The zero-order valence-corrected chi connectivity index (χ0v) is 16.6. The molecule has 2 N–H and O–H groups in total. The summed E-state index contributed by atoms with van der Waals surface area (Å²) in [5.74, 6) is 2.59. The van der Waals surface area contributed by atoms with Crippen LogP contribution in [-0.2, 0) is 5.41 Å². The van der Waals surface area contributed by atoms with Crippen molar-refractivity contribution in [2.45, 2.75) is 18.3 Å². The first kappa shape index (κ1) is 19.7. The van der Waals surface area contributed by atoms with Crippen LogP contribution in [0.1, 0.15) is 18.4 Å². The Morgan fingerprint density at radius 2 is 1.57 bits per heavy atom. The molecular weight excluding hydrogens is 360 g/mol. The van der Waals surface area contributed by atoms with Gasteiger partial charge in [-0.2, -0.15) is 0 Å². The molecule has 0 aromatic heterocycles. The zero-order valence-electron chi connectivity index (χ0n) is 16.6. The van der Waals surface area contributed by atoms with Gasteiger partial charge >= 0.3 is 6.03 Å². The largest absolute Gasteiger partial charge is 0.497 e. The van der Waals surface area contributed by atoms with Gasteiger partial charge in [0.15, 0.2) is 11.5 Å². The summed E-state index contributed by atoms with van der Waals surface area (Å²) in [4.78, 5) is 12.4. The highest BCUT2D eigenvalue weighted by Crippen LogP contribution is 2.49. The highest BCUT2D eigenvalue weighted by Gasteiger charge is 2.44. The Bertz CT molecular complexity index is 849. The van der Waals surface area contributed by atoms with Crippen molar-refractivity contribution in [3.05, 3.63) is 42.0 Å². The van der Waals surface area contributed by atoms with E-state index >= 15 is 0 Å². The van der Waals surface area contributed by atoms with Crippen molar-refractivity contribution in [2.75, 3.05) is 40.3 Å². The van der Waals surface area contributed by atoms with Crippen molar-refractivity contribution in [2.24, 2.45) is 0 Å². The smallest absolute Gasteiger partial charge is 0.319 e. The van der Waals surface area contributed by atoms with E-state index in [1.807, 2.05) is 18.2 Å². The van der Waals surface area contributed by atoms with Crippen LogP contribution in [0.3, 0.4) is 0 Å². The van der Waals surface area contributed by atoms with Gasteiger partial charge in [-0.25, -0.2) is 4.79 Å². The summed E-state index contributed by atoms with van der Waals surface area (Å²) in [5.41, 5.74) is 1.61. The average Bonchev–Trinajstić information content (AvgIpc) is 3.52. The number of urea groups is 1. The van der Waals surface area contributed by atoms with Gasteiger partial charge in [0, 0.05) is 18.0 Å². The second-order valence-corrected chi connectivity index (χ2v) is 6.72. The first-order chi connectivity index (χ1) is 13.5. The third kappa shape index (κ3) is 4.08. The zero-order chi connectivity index (χ0) is 20.1. The topological polar surface area (TPSA) is 78.1 Å². The highest BCUT2D eigenvalue weighted by atomic mass is 16.5. The maximum atomic E-state index is 12.4. The lowest BCUT2D eigenvalue weighted by Crippen LogP contribution is -2.35. The molecule has 1 fully saturated rings. The van der Waals surface area contributed by atoms with Crippen molar-refractivity contribution in [3.63, 3.8) is 0 Å². The molecule has 0 bridgehead atoms. The Morgan fingerprint density at radius 3 is 2.18 bits per heavy atom. The molecule has 1 saturated carbocycles. The summed E-state index contributed by atoms with van der Waals surface area (Å²) in [7, 11) is 6.37. The number of ether oxygens (including phenoxy) is 4. The standard InChI is InChI=1S/C21H26N2O5/c1-25-15-6-8-17(26-2)16(12-15)23-20(24)22-13-21(9-10-21)14-5-7-18(27-3)19(11-14)28-4/h5-8,11-12H,9-10,13H2,1-4H3,(H2,22,23,24). The second-order valence-electron chi connectivity index (χ2n) is 6.72. The lowest BCUT2D eigenvalue weighted by atomic mass is 9.95. The molecule has 7 heteroatoms. The second kappa shape index (κ2) is 8.29. The Balaban J connectivity index is 1.66. The summed E-state index contributed by atoms with van der Waals surface area (Å²) in [6.07, 6.45) is 2.01. The molecule has 28 heavy (non-hydrogen) atoms. The number of hydrogen-bond donors (Lipinski definition) is 2. The summed E-state index contributed by atoms with van der Waals surface area (Å²) in [6, 6.07) is 10.9. The van der Waals surface area contributed by atoms with Crippen LogP contribution >= 0.6 is 0 Å². The molecule has 0 spiro atoms. The number of rotatable bonds is 8. The first-order valence-electron chi connectivity index (χ1n) is 9.04. The van der Waals surface area contributed by atoms with Gasteiger partial charge in [0.25, 0.3) is 0 Å². The van der Waals surface area contributed by atoms with Crippen LogP contribution in [0.5, 0.6) is 23.0 Å². The minimum Gasteiger partial charge on any atom is -0.497 e. The number of carbonyl (C=O) groups is 1. The van der Waals surface area contributed by atoms with Gasteiger partial charge in [-0.15, -0.1) is 0 Å². The molecule has 0 unspecified atom stereocenters. The van der Waals surface area contributed by atoms with Crippen molar-refractivity contribution in [3.8, 4) is 23.0 Å². The number of nitrogens with one attached hydrogen (secondary N) is 2. The Labute approximate surface area is 164 Å². The molecule has 0 radical (unpaired) electrons. The molecule has 3 rings (SSSR count). The van der Waals surface area contributed by atoms with Gasteiger partial charge < -0.3 is 29.6 Å². The normalized spacial score (nSPS) is 14.0. The van der Waals surface area contributed by atoms with Crippen LogP contribution < -0.4 is 29.6 Å². The Hall–Kier alpha value is -3.09. The van der Waals surface area contributed by atoms with E-state index in [0.717, 1.165) is 18.4 Å². The van der Waals surface area contributed by atoms with Gasteiger partial charge in [-0.1, -0.05) is 6.07 Å². The molecule has 7 nitrogen and oxygen atoms in total. The third-order valence-electron chi connectivity index (χ3n) is 5.09. The predicted molar refractivity (Wildman–Crippen MR) is 107 cm³/mol. The number of methoxy groups -OCH3 is 4. The molecule has 0 atom stereocenters. The monoisotopic (exact) mass is 386 g/mol. The van der Waals surface area contributed by atoms with Gasteiger partial charge in [-0.3, -0.25) is 0 Å². The number of carbonyl (C=O) groups excluding carboxylic acids is 1. The molecule has 1 aliphatic rings. The van der Waals surface area contributed by atoms with E-state index in [4.69, 9.17) is 18.9 Å². The molecule has 0 heterocycles. The van der Waals surface area contributed by atoms with Crippen LogP contribution in [0.15, 0.2) is 36.4 Å². The molecule has 2 amide bonds. The van der Waals surface area contributed by atoms with Crippen molar-refractivity contribution in [1.29, 1.82) is 0 Å². The molecule has 1 aliphatic carbocycles. The molecule has 150 valence electrons. The fourth-order valence-corrected chi connectivity index (χ4v) is 3.21. The van der Waals surface area contributed by atoms with Crippen LogP contribution in [0, 0.1) is 0 Å². The first-order valence-corrected chi connectivity index (χ1v) is 9.04. The predicted octanol–water partition coefficient (Wildman–Crippen LogP) is 3.57. The third-order valence-corrected chi connectivity index (χ3v) is 5.09. The molecular formula is C21H26N2O5. The lowest BCUT2D eigenvalue weighted by Gasteiger charge is -2.19. The minimum absolute atomic E-state index is 0.0741. The maximum absolute atomic E-state index is 12.4. The number of anilines is 1. The minimum atomic E-state index is -0.293. The van der Waals surface area contributed by atoms with Gasteiger partial charge in [0.05, 0.1) is 34.1 Å². The van der Waals surface area contributed by atoms with Gasteiger partial charge in [0.1, 0.15) is 11.5 Å². The van der Waals surface area contributed by atoms with Gasteiger partial charge in [-0.05, 0) is 42.7 Å². The Kier molecular flexibility index (Phi) is 5.82. The van der Waals surface area contributed by atoms with Crippen LogP contribution in [0.2, 0.25) is 0 Å². The Morgan fingerprint density at radius 1 is 0.893 bits per heavy atom. The van der Waals surface area contributed by atoms with Crippen molar-refractivity contribution in [1.82, 2.24) is 5.32 Å². The summed E-state index contributed by atoms with van der Waals surface area (Å²) in [6.45, 7) is 0.528. The van der Waals surface area contributed by atoms with Crippen LogP contribution in [0.4, 0.5) is 10.5 Å². The highest BCUT2D eigenvalue weighted by molar-refractivity contribution is 5.91. The van der Waals surface area contributed by atoms with E-state index in [1.54, 1.807) is 46.6 Å². The SMILES string of the molecule is COc1ccc(OC)c(NC(=O)NCC2(c3ccc(OC)c(OC)c3)CC2)c1. The molecule has 0 saturated heterocycles. The quantitative estimate of drug-likeness (QED) is 0.725. The molecule has 2 aromatic carbocycles.